The summed E-state index contributed by atoms with van der Waals surface area (Å²) in [7, 11) is -3.30. The molecular weight excluding hydrogens is 348 g/mol. The van der Waals surface area contributed by atoms with Gasteiger partial charge in [-0.3, -0.25) is 9.78 Å². The van der Waals surface area contributed by atoms with Crippen LogP contribution in [0.1, 0.15) is 19.4 Å². The number of rotatable bonds is 5. The van der Waals surface area contributed by atoms with Crippen molar-refractivity contribution >= 4 is 32.3 Å². The summed E-state index contributed by atoms with van der Waals surface area (Å²) in [6.07, 6.45) is 1.87. The molecule has 1 amide bonds. The molecule has 0 aliphatic rings. The summed E-state index contributed by atoms with van der Waals surface area (Å²) in [5, 5.41) is 3.30. The summed E-state index contributed by atoms with van der Waals surface area (Å²) < 4.78 is 24.3. The largest absolute Gasteiger partial charge is 0.325 e. The van der Waals surface area contributed by atoms with Crippen molar-refractivity contribution in [2.24, 2.45) is 0 Å². The number of nitrogens with zero attached hydrogens (tertiary/aromatic N) is 1. The Morgan fingerprint density at radius 3 is 2.46 bits per heavy atom. The SMILES string of the molecule is CC(C)S(=O)(=O)c1ccc(CC(=O)Nc2cccc3ncccc23)cc1. The Hall–Kier alpha value is -2.73. The van der Waals surface area contributed by atoms with E-state index in [2.05, 4.69) is 10.3 Å². The lowest BCUT2D eigenvalue weighted by Gasteiger charge is -2.10. The van der Waals surface area contributed by atoms with Crippen LogP contribution in [-0.2, 0) is 21.1 Å². The molecule has 0 aliphatic heterocycles. The Bertz CT molecular complexity index is 1040. The zero-order chi connectivity index (χ0) is 18.7. The van der Waals surface area contributed by atoms with Gasteiger partial charge in [-0.2, -0.15) is 0 Å². The number of benzene rings is 2. The lowest BCUT2D eigenvalue weighted by molar-refractivity contribution is -0.115. The lowest BCUT2D eigenvalue weighted by atomic mass is 10.1. The van der Waals surface area contributed by atoms with E-state index in [4.69, 9.17) is 0 Å². The summed E-state index contributed by atoms with van der Waals surface area (Å²) in [5.74, 6) is -0.166. The second kappa shape index (κ2) is 7.25. The van der Waals surface area contributed by atoms with Crippen LogP contribution in [0.3, 0.4) is 0 Å². The maximum absolute atomic E-state index is 12.4. The maximum atomic E-state index is 12.4. The number of carbonyl (C=O) groups excluding carboxylic acids is 1. The monoisotopic (exact) mass is 368 g/mol. The third kappa shape index (κ3) is 3.75. The van der Waals surface area contributed by atoms with Crippen molar-refractivity contribution in [3.8, 4) is 0 Å². The highest BCUT2D eigenvalue weighted by molar-refractivity contribution is 7.92. The molecule has 1 N–H and O–H groups in total. The standard InChI is InChI=1S/C20H20N2O3S/c1-14(2)26(24,25)16-10-8-15(9-11-16)13-20(23)22-19-7-3-6-18-17(19)5-4-12-21-18/h3-12,14H,13H2,1-2H3,(H,22,23). The Morgan fingerprint density at radius 1 is 1.04 bits per heavy atom. The second-order valence-electron chi connectivity index (χ2n) is 6.34. The molecule has 0 unspecified atom stereocenters. The minimum atomic E-state index is -3.30. The Morgan fingerprint density at radius 2 is 1.77 bits per heavy atom. The Kier molecular flexibility index (Phi) is 5.04. The van der Waals surface area contributed by atoms with Gasteiger partial charge in [0.05, 0.1) is 27.8 Å². The lowest BCUT2D eigenvalue weighted by Crippen LogP contribution is -2.16. The van der Waals surface area contributed by atoms with Gasteiger partial charge in [-0.05, 0) is 55.8 Å². The van der Waals surface area contributed by atoms with Crippen LogP contribution in [0, 0.1) is 0 Å². The number of hydrogen-bond acceptors (Lipinski definition) is 4. The quantitative estimate of drug-likeness (QED) is 0.746. The molecule has 26 heavy (non-hydrogen) atoms. The number of carbonyl (C=O) groups is 1. The summed E-state index contributed by atoms with van der Waals surface area (Å²) in [6.45, 7) is 3.30. The molecule has 0 radical (unpaired) electrons. The van der Waals surface area contributed by atoms with Crippen LogP contribution in [0.4, 0.5) is 5.69 Å². The summed E-state index contributed by atoms with van der Waals surface area (Å²) in [5.41, 5.74) is 2.27. The van der Waals surface area contributed by atoms with Gasteiger partial charge >= 0.3 is 0 Å². The fourth-order valence-corrected chi connectivity index (χ4v) is 3.72. The van der Waals surface area contributed by atoms with Gasteiger partial charge in [0.25, 0.3) is 0 Å². The van der Waals surface area contributed by atoms with E-state index < -0.39 is 15.1 Å². The maximum Gasteiger partial charge on any atom is 0.228 e. The first-order chi connectivity index (χ1) is 12.4. The number of amides is 1. The van der Waals surface area contributed by atoms with Gasteiger partial charge in [-0.1, -0.05) is 18.2 Å². The molecule has 3 rings (SSSR count). The molecule has 6 heteroatoms. The van der Waals surface area contributed by atoms with Crippen LogP contribution in [-0.4, -0.2) is 24.6 Å². The van der Waals surface area contributed by atoms with Gasteiger partial charge in [0.1, 0.15) is 0 Å². The van der Waals surface area contributed by atoms with Crippen molar-refractivity contribution in [1.82, 2.24) is 4.98 Å². The highest BCUT2D eigenvalue weighted by Gasteiger charge is 2.18. The summed E-state index contributed by atoms with van der Waals surface area (Å²) in [6, 6.07) is 15.8. The smallest absolute Gasteiger partial charge is 0.228 e. The minimum absolute atomic E-state index is 0.165. The fourth-order valence-electron chi connectivity index (χ4n) is 2.66. The average Bonchev–Trinajstić information content (AvgIpc) is 2.62. The van der Waals surface area contributed by atoms with Gasteiger partial charge < -0.3 is 5.32 Å². The van der Waals surface area contributed by atoms with E-state index >= 15 is 0 Å². The van der Waals surface area contributed by atoms with E-state index in [9.17, 15) is 13.2 Å². The van der Waals surface area contributed by atoms with Crippen molar-refractivity contribution in [1.29, 1.82) is 0 Å². The number of anilines is 1. The normalized spacial score (nSPS) is 11.7. The third-order valence-electron chi connectivity index (χ3n) is 4.16. The molecule has 134 valence electrons. The van der Waals surface area contributed by atoms with Gasteiger partial charge in [-0.25, -0.2) is 8.42 Å². The van der Waals surface area contributed by atoms with Crippen molar-refractivity contribution in [2.45, 2.75) is 30.4 Å². The van der Waals surface area contributed by atoms with E-state index in [1.54, 1.807) is 44.3 Å². The van der Waals surface area contributed by atoms with Crippen LogP contribution < -0.4 is 5.32 Å². The Balaban J connectivity index is 1.74. The topological polar surface area (TPSA) is 76.1 Å². The first-order valence-electron chi connectivity index (χ1n) is 8.34. The minimum Gasteiger partial charge on any atom is -0.325 e. The van der Waals surface area contributed by atoms with Crippen LogP contribution >= 0.6 is 0 Å². The molecule has 1 heterocycles. The molecule has 0 saturated carbocycles. The fraction of sp³-hybridized carbons (Fsp3) is 0.200. The molecule has 3 aromatic rings. The van der Waals surface area contributed by atoms with Crippen LogP contribution in [0.25, 0.3) is 10.9 Å². The molecule has 5 nitrogen and oxygen atoms in total. The predicted octanol–water partition coefficient (Wildman–Crippen LogP) is 3.60. The zero-order valence-corrected chi connectivity index (χ0v) is 15.5. The van der Waals surface area contributed by atoms with Crippen LogP contribution in [0.2, 0.25) is 0 Å². The number of aromatic nitrogens is 1. The second-order valence-corrected chi connectivity index (χ2v) is 8.84. The highest BCUT2D eigenvalue weighted by atomic mass is 32.2. The van der Waals surface area contributed by atoms with E-state index in [1.807, 2.05) is 30.3 Å². The molecule has 0 fully saturated rings. The number of nitrogens with one attached hydrogen (secondary N) is 1. The van der Waals surface area contributed by atoms with Gasteiger partial charge in [0.2, 0.25) is 5.91 Å². The molecule has 0 aliphatic carbocycles. The molecule has 0 saturated heterocycles. The van der Waals surface area contributed by atoms with E-state index in [1.165, 1.54) is 0 Å². The van der Waals surface area contributed by atoms with Gasteiger partial charge in [0.15, 0.2) is 9.84 Å². The molecule has 2 aromatic carbocycles. The third-order valence-corrected chi connectivity index (χ3v) is 6.33. The van der Waals surface area contributed by atoms with Gasteiger partial charge in [-0.15, -0.1) is 0 Å². The summed E-state index contributed by atoms with van der Waals surface area (Å²) in [4.78, 5) is 16.9. The van der Waals surface area contributed by atoms with Crippen molar-refractivity contribution in [3.05, 3.63) is 66.4 Å². The van der Waals surface area contributed by atoms with Gasteiger partial charge in [0, 0.05) is 11.6 Å². The zero-order valence-electron chi connectivity index (χ0n) is 14.6. The van der Waals surface area contributed by atoms with E-state index in [-0.39, 0.29) is 17.2 Å². The van der Waals surface area contributed by atoms with E-state index in [0.717, 1.165) is 16.5 Å². The average molecular weight is 368 g/mol. The van der Waals surface area contributed by atoms with Crippen LogP contribution in [0.15, 0.2) is 65.7 Å². The first kappa shape index (κ1) is 18.1. The number of hydrogen-bond donors (Lipinski definition) is 1. The highest BCUT2D eigenvalue weighted by Crippen LogP contribution is 2.22. The van der Waals surface area contributed by atoms with E-state index in [0.29, 0.717) is 5.69 Å². The molecular formula is C20H20N2O3S. The van der Waals surface area contributed by atoms with Crippen molar-refractivity contribution in [3.63, 3.8) is 0 Å². The number of sulfone groups is 1. The predicted molar refractivity (Wildman–Crippen MR) is 103 cm³/mol. The summed E-state index contributed by atoms with van der Waals surface area (Å²) >= 11 is 0. The molecule has 0 bridgehead atoms. The number of fused-ring (bicyclic) bond motifs is 1. The first-order valence-corrected chi connectivity index (χ1v) is 9.89. The number of pyridine rings is 1. The van der Waals surface area contributed by atoms with Crippen LogP contribution in [0.5, 0.6) is 0 Å². The molecule has 0 atom stereocenters. The van der Waals surface area contributed by atoms with Crippen molar-refractivity contribution in [2.75, 3.05) is 5.32 Å². The molecule has 0 spiro atoms. The Labute approximate surface area is 153 Å². The molecule has 1 aromatic heterocycles. The van der Waals surface area contributed by atoms with Crippen molar-refractivity contribution < 1.29 is 13.2 Å².